The molecule has 0 fully saturated rings. The molecule has 1 aromatic carbocycles. The molecular weight excluding hydrogens is 326 g/mol. The molecule has 1 rings (SSSR count). The number of allylic oxidation sites excluding steroid dienone is 4. The summed E-state index contributed by atoms with van der Waals surface area (Å²) in [7, 11) is 0. The molecule has 0 aliphatic carbocycles. The summed E-state index contributed by atoms with van der Waals surface area (Å²) in [6, 6.07) is 7.63. The Morgan fingerprint density at radius 3 is 2.38 bits per heavy atom. The van der Waals surface area contributed by atoms with E-state index >= 15 is 0 Å². The number of esters is 1. The predicted molar refractivity (Wildman–Crippen MR) is 108 cm³/mol. The first-order chi connectivity index (χ1) is 12.7. The van der Waals surface area contributed by atoms with E-state index in [1.165, 1.54) is 6.08 Å². The van der Waals surface area contributed by atoms with E-state index < -0.39 is 0 Å². The van der Waals surface area contributed by atoms with E-state index in [9.17, 15) is 4.79 Å². The first-order valence-electron chi connectivity index (χ1n) is 8.70. The number of hydrogen-bond acceptors (Lipinski definition) is 4. The van der Waals surface area contributed by atoms with Crippen molar-refractivity contribution in [3.8, 4) is 5.75 Å². The highest BCUT2D eigenvalue weighted by molar-refractivity contribution is 5.83. The minimum Gasteiger partial charge on any atom is -0.494 e. The van der Waals surface area contributed by atoms with Gasteiger partial charge < -0.3 is 9.47 Å². The van der Waals surface area contributed by atoms with Crippen molar-refractivity contribution < 1.29 is 14.3 Å². The smallest absolute Gasteiger partial charge is 0.330 e. The number of aliphatic imine (C=N–C) groups is 1. The van der Waals surface area contributed by atoms with Crippen LogP contribution in [0.4, 0.5) is 5.69 Å². The van der Waals surface area contributed by atoms with Gasteiger partial charge in [0, 0.05) is 12.3 Å². The van der Waals surface area contributed by atoms with Gasteiger partial charge in [-0.2, -0.15) is 0 Å². The summed E-state index contributed by atoms with van der Waals surface area (Å²) in [6.07, 6.45) is 12.1. The lowest BCUT2D eigenvalue weighted by atomic mass is 10.2. The van der Waals surface area contributed by atoms with Crippen LogP contribution in [0.5, 0.6) is 5.75 Å². The number of unbranched alkanes of at least 4 members (excludes halogenated alkanes) is 3. The molecule has 0 saturated heterocycles. The Morgan fingerprint density at radius 1 is 1.04 bits per heavy atom. The lowest BCUT2D eigenvalue weighted by Crippen LogP contribution is -2.02. The molecule has 0 amide bonds. The minimum atomic E-state index is -0.362. The lowest BCUT2D eigenvalue weighted by Gasteiger charge is -2.06. The van der Waals surface area contributed by atoms with E-state index in [2.05, 4.69) is 24.7 Å². The van der Waals surface area contributed by atoms with Gasteiger partial charge in [-0.1, -0.05) is 38.0 Å². The third kappa shape index (κ3) is 10.1. The van der Waals surface area contributed by atoms with Gasteiger partial charge in [0.2, 0.25) is 0 Å². The number of carbonyl (C=O) groups is 1. The Balaban J connectivity index is 2.18. The number of ether oxygens (including phenoxy) is 2. The average Bonchev–Trinajstić information content (AvgIpc) is 2.67. The second-order valence-corrected chi connectivity index (χ2v) is 5.56. The van der Waals surface area contributed by atoms with Crippen LogP contribution in [0, 0.1) is 0 Å². The van der Waals surface area contributed by atoms with Crippen molar-refractivity contribution in [1.29, 1.82) is 0 Å². The van der Waals surface area contributed by atoms with Crippen LogP contribution in [0.2, 0.25) is 0 Å². The van der Waals surface area contributed by atoms with Crippen LogP contribution in [-0.2, 0) is 9.53 Å². The van der Waals surface area contributed by atoms with Gasteiger partial charge in [0.15, 0.2) is 0 Å². The van der Waals surface area contributed by atoms with Crippen molar-refractivity contribution in [3.05, 3.63) is 73.9 Å². The van der Waals surface area contributed by atoms with Gasteiger partial charge in [0.05, 0.1) is 18.9 Å². The molecule has 0 aliphatic heterocycles. The summed E-state index contributed by atoms with van der Waals surface area (Å²) in [5, 5.41) is 0. The zero-order valence-electron chi connectivity index (χ0n) is 15.2. The Bertz CT molecular complexity index is 642. The van der Waals surface area contributed by atoms with E-state index in [1.807, 2.05) is 36.4 Å². The molecule has 0 saturated carbocycles. The summed E-state index contributed by atoms with van der Waals surface area (Å²) in [4.78, 5) is 15.2. The maximum Gasteiger partial charge on any atom is 0.330 e. The number of benzene rings is 1. The fourth-order valence-corrected chi connectivity index (χ4v) is 2.00. The summed E-state index contributed by atoms with van der Waals surface area (Å²) in [5.74, 6) is 0.466. The van der Waals surface area contributed by atoms with Gasteiger partial charge in [-0.25, -0.2) is 4.79 Å². The molecule has 0 atom stereocenters. The normalized spacial score (nSPS) is 10.8. The number of rotatable bonds is 13. The average molecular weight is 353 g/mol. The molecule has 1 aromatic rings. The molecule has 0 heterocycles. The van der Waals surface area contributed by atoms with Crippen molar-refractivity contribution in [2.45, 2.75) is 25.7 Å². The number of nitrogens with zero attached hydrogens (tertiary/aromatic N) is 1. The SMILES string of the molecule is C=C/C=C\C(=C)C=Nc1ccc(OCCCCCCOC(=O)C=C)cc1. The van der Waals surface area contributed by atoms with Crippen molar-refractivity contribution >= 4 is 17.9 Å². The molecule has 0 bridgehead atoms. The zero-order valence-corrected chi connectivity index (χ0v) is 15.2. The van der Waals surface area contributed by atoms with Crippen molar-refractivity contribution in [1.82, 2.24) is 0 Å². The second-order valence-electron chi connectivity index (χ2n) is 5.56. The lowest BCUT2D eigenvalue weighted by molar-refractivity contribution is -0.137. The molecule has 26 heavy (non-hydrogen) atoms. The van der Waals surface area contributed by atoms with Gasteiger partial charge in [-0.15, -0.1) is 0 Å². The number of carbonyl (C=O) groups excluding carboxylic acids is 1. The molecular formula is C22H27NO3. The third-order valence-electron chi connectivity index (χ3n) is 3.38. The van der Waals surface area contributed by atoms with Crippen LogP contribution in [0.3, 0.4) is 0 Å². The fraction of sp³-hybridized carbons (Fsp3) is 0.273. The summed E-state index contributed by atoms with van der Waals surface area (Å²) in [5.41, 5.74) is 1.66. The third-order valence-corrected chi connectivity index (χ3v) is 3.38. The molecule has 0 aliphatic rings. The Morgan fingerprint density at radius 2 is 1.73 bits per heavy atom. The predicted octanol–water partition coefficient (Wildman–Crippen LogP) is 5.36. The van der Waals surface area contributed by atoms with Gasteiger partial charge >= 0.3 is 5.97 Å². The fourth-order valence-electron chi connectivity index (χ4n) is 2.00. The van der Waals surface area contributed by atoms with Crippen LogP contribution >= 0.6 is 0 Å². The van der Waals surface area contributed by atoms with Crippen LogP contribution in [-0.4, -0.2) is 25.4 Å². The van der Waals surface area contributed by atoms with E-state index in [4.69, 9.17) is 9.47 Å². The summed E-state index contributed by atoms with van der Waals surface area (Å²) >= 11 is 0. The molecule has 0 aromatic heterocycles. The highest BCUT2D eigenvalue weighted by Crippen LogP contribution is 2.18. The van der Waals surface area contributed by atoms with E-state index in [0.717, 1.165) is 42.7 Å². The second kappa shape index (κ2) is 13.4. The summed E-state index contributed by atoms with van der Waals surface area (Å²) < 4.78 is 10.6. The first-order valence-corrected chi connectivity index (χ1v) is 8.70. The highest BCUT2D eigenvalue weighted by atomic mass is 16.5. The van der Waals surface area contributed by atoms with E-state index in [-0.39, 0.29) is 5.97 Å². The number of hydrogen-bond donors (Lipinski definition) is 0. The van der Waals surface area contributed by atoms with Gasteiger partial charge in [-0.05, 0) is 55.5 Å². The zero-order chi connectivity index (χ0) is 19.0. The molecule has 4 nitrogen and oxygen atoms in total. The summed E-state index contributed by atoms with van der Waals surface area (Å²) in [6.45, 7) is 12.0. The molecule has 138 valence electrons. The maximum absolute atomic E-state index is 10.9. The Labute approximate surface area is 156 Å². The maximum atomic E-state index is 10.9. The topological polar surface area (TPSA) is 47.9 Å². The first kappa shape index (κ1) is 21.2. The van der Waals surface area contributed by atoms with E-state index in [0.29, 0.717) is 13.2 Å². The standard InChI is InChI=1S/C22H27NO3/c1-4-6-11-19(3)18-23-20-12-14-21(15-13-20)25-16-9-7-8-10-17-26-22(24)5-2/h4-6,11-15,18H,1-3,7-10,16-17H2/b11-6-,23-18?. The quantitative estimate of drug-likeness (QED) is 0.158. The molecule has 0 spiro atoms. The van der Waals surface area contributed by atoms with Gasteiger partial charge in [0.25, 0.3) is 0 Å². The van der Waals surface area contributed by atoms with Crippen molar-refractivity contribution in [2.75, 3.05) is 13.2 Å². The van der Waals surface area contributed by atoms with Gasteiger partial charge in [0.1, 0.15) is 5.75 Å². The molecule has 0 unspecified atom stereocenters. The highest BCUT2D eigenvalue weighted by Gasteiger charge is 1.97. The Hall–Kier alpha value is -2.88. The van der Waals surface area contributed by atoms with Crippen LogP contribution in [0.15, 0.2) is 78.9 Å². The molecule has 0 N–H and O–H groups in total. The Kier molecular flexibility index (Phi) is 10.9. The largest absolute Gasteiger partial charge is 0.494 e. The molecule has 4 heteroatoms. The van der Waals surface area contributed by atoms with Crippen LogP contribution < -0.4 is 4.74 Å². The minimum absolute atomic E-state index is 0.362. The van der Waals surface area contributed by atoms with E-state index in [1.54, 1.807) is 12.3 Å². The van der Waals surface area contributed by atoms with Crippen molar-refractivity contribution in [3.63, 3.8) is 0 Å². The molecule has 0 radical (unpaired) electrons. The van der Waals surface area contributed by atoms with Crippen LogP contribution in [0.1, 0.15) is 25.7 Å². The van der Waals surface area contributed by atoms with Crippen molar-refractivity contribution in [2.24, 2.45) is 4.99 Å². The van der Waals surface area contributed by atoms with Crippen LogP contribution in [0.25, 0.3) is 0 Å². The monoisotopic (exact) mass is 353 g/mol. The van der Waals surface area contributed by atoms with Gasteiger partial charge in [-0.3, -0.25) is 4.99 Å².